The van der Waals surface area contributed by atoms with Crippen LogP contribution >= 0.6 is 0 Å². The second-order valence-electron chi connectivity index (χ2n) is 4.68. The van der Waals surface area contributed by atoms with E-state index in [1.165, 1.54) is 0 Å². The van der Waals surface area contributed by atoms with Gasteiger partial charge in [0.05, 0.1) is 6.04 Å². The summed E-state index contributed by atoms with van der Waals surface area (Å²) in [6, 6.07) is -0.417. The van der Waals surface area contributed by atoms with Crippen molar-refractivity contribution in [2.75, 3.05) is 14.1 Å². The van der Waals surface area contributed by atoms with Gasteiger partial charge in [0.15, 0.2) is 0 Å². The van der Waals surface area contributed by atoms with Gasteiger partial charge in [0.2, 0.25) is 5.91 Å². The van der Waals surface area contributed by atoms with Crippen LogP contribution in [0.2, 0.25) is 0 Å². The zero-order chi connectivity index (χ0) is 13.6. The van der Waals surface area contributed by atoms with Crippen LogP contribution in [-0.4, -0.2) is 42.7 Å². The Bertz CT molecular complexity index is 283. The van der Waals surface area contributed by atoms with Crippen molar-refractivity contribution in [1.29, 1.82) is 0 Å². The van der Waals surface area contributed by atoms with Gasteiger partial charge in [-0.05, 0) is 39.8 Å². The molecule has 0 radical (unpaired) electrons. The fourth-order valence-electron chi connectivity index (χ4n) is 1.86. The van der Waals surface area contributed by atoms with E-state index in [-0.39, 0.29) is 5.92 Å². The SMILES string of the molecule is CNC(CC(C)CC(C)(NC)C(=O)O)C(N)=O. The molecule has 100 valence electrons. The van der Waals surface area contributed by atoms with Crippen LogP contribution in [0.3, 0.4) is 0 Å². The maximum Gasteiger partial charge on any atom is 0.323 e. The van der Waals surface area contributed by atoms with Crippen molar-refractivity contribution in [3.63, 3.8) is 0 Å². The van der Waals surface area contributed by atoms with Gasteiger partial charge in [0.1, 0.15) is 5.54 Å². The number of carboxylic acids is 1. The number of nitrogens with one attached hydrogen (secondary N) is 2. The lowest BCUT2D eigenvalue weighted by atomic mass is 9.86. The third-order valence-corrected chi connectivity index (χ3v) is 3.11. The first-order valence-corrected chi connectivity index (χ1v) is 5.65. The highest BCUT2D eigenvalue weighted by atomic mass is 16.4. The molecule has 3 unspecified atom stereocenters. The molecule has 0 fully saturated rings. The van der Waals surface area contributed by atoms with E-state index in [1.54, 1.807) is 21.0 Å². The molecule has 5 N–H and O–H groups in total. The Morgan fingerprint density at radius 3 is 2.24 bits per heavy atom. The fraction of sp³-hybridized carbons (Fsp3) is 0.818. The minimum Gasteiger partial charge on any atom is -0.480 e. The van der Waals surface area contributed by atoms with Crippen LogP contribution in [0.5, 0.6) is 0 Å². The normalized spacial score (nSPS) is 18.1. The summed E-state index contributed by atoms with van der Waals surface area (Å²) in [4.78, 5) is 22.2. The van der Waals surface area contributed by atoms with Crippen molar-refractivity contribution < 1.29 is 14.7 Å². The standard InChI is InChI=1S/C11H23N3O3/c1-7(5-8(13-3)9(12)15)6-11(2,14-4)10(16)17/h7-8,13-14H,5-6H2,1-4H3,(H2,12,15)(H,16,17). The highest BCUT2D eigenvalue weighted by Crippen LogP contribution is 2.20. The monoisotopic (exact) mass is 245 g/mol. The lowest BCUT2D eigenvalue weighted by Gasteiger charge is -2.28. The van der Waals surface area contributed by atoms with E-state index in [2.05, 4.69) is 10.6 Å². The van der Waals surface area contributed by atoms with Crippen LogP contribution in [0.25, 0.3) is 0 Å². The van der Waals surface area contributed by atoms with Crippen molar-refractivity contribution in [1.82, 2.24) is 10.6 Å². The third kappa shape index (κ3) is 4.70. The molecule has 0 aliphatic carbocycles. The van der Waals surface area contributed by atoms with Gasteiger partial charge in [-0.15, -0.1) is 0 Å². The summed E-state index contributed by atoms with van der Waals surface area (Å²) in [6.45, 7) is 3.54. The number of carbonyl (C=O) groups is 2. The van der Waals surface area contributed by atoms with Crippen LogP contribution in [-0.2, 0) is 9.59 Å². The molecule has 0 saturated heterocycles. The molecule has 0 aliphatic rings. The van der Waals surface area contributed by atoms with Crippen LogP contribution in [0.4, 0.5) is 0 Å². The van der Waals surface area contributed by atoms with Crippen molar-refractivity contribution in [3.8, 4) is 0 Å². The van der Waals surface area contributed by atoms with E-state index in [0.29, 0.717) is 12.8 Å². The number of likely N-dealkylation sites (N-methyl/N-ethyl adjacent to an activating group) is 2. The largest absolute Gasteiger partial charge is 0.480 e. The van der Waals surface area contributed by atoms with Gasteiger partial charge in [-0.3, -0.25) is 9.59 Å². The van der Waals surface area contributed by atoms with E-state index in [1.807, 2.05) is 6.92 Å². The predicted molar refractivity (Wildman–Crippen MR) is 65.5 cm³/mol. The zero-order valence-corrected chi connectivity index (χ0v) is 10.9. The number of carbonyl (C=O) groups excluding carboxylic acids is 1. The predicted octanol–water partition coefficient (Wildman–Crippen LogP) is -0.461. The first kappa shape index (κ1) is 15.9. The maximum absolute atomic E-state index is 11.1. The number of amides is 1. The summed E-state index contributed by atoms with van der Waals surface area (Å²) >= 11 is 0. The highest BCUT2D eigenvalue weighted by Gasteiger charge is 2.33. The van der Waals surface area contributed by atoms with Crippen molar-refractivity contribution in [2.24, 2.45) is 11.7 Å². The molecule has 0 aliphatic heterocycles. The number of rotatable bonds is 8. The van der Waals surface area contributed by atoms with Crippen LogP contribution in [0, 0.1) is 5.92 Å². The molecule has 0 aromatic heterocycles. The van der Waals surface area contributed by atoms with Gasteiger partial charge in [0.25, 0.3) is 0 Å². The van der Waals surface area contributed by atoms with Gasteiger partial charge < -0.3 is 21.5 Å². The average molecular weight is 245 g/mol. The number of aliphatic carboxylic acids is 1. The molecular formula is C11H23N3O3. The topological polar surface area (TPSA) is 104 Å². The molecule has 17 heavy (non-hydrogen) atoms. The second-order valence-corrected chi connectivity index (χ2v) is 4.68. The summed E-state index contributed by atoms with van der Waals surface area (Å²) in [7, 11) is 3.28. The zero-order valence-electron chi connectivity index (χ0n) is 10.9. The lowest BCUT2D eigenvalue weighted by Crippen LogP contribution is -2.49. The Morgan fingerprint density at radius 2 is 1.94 bits per heavy atom. The molecule has 6 heteroatoms. The van der Waals surface area contributed by atoms with E-state index in [9.17, 15) is 9.59 Å². The van der Waals surface area contributed by atoms with Gasteiger partial charge in [0, 0.05) is 0 Å². The molecule has 1 amide bonds. The minimum absolute atomic E-state index is 0.0634. The van der Waals surface area contributed by atoms with E-state index in [4.69, 9.17) is 10.8 Å². The summed E-state index contributed by atoms with van der Waals surface area (Å²) in [5.41, 5.74) is 4.24. The van der Waals surface area contributed by atoms with E-state index in [0.717, 1.165) is 0 Å². The quantitative estimate of drug-likeness (QED) is 0.463. The molecule has 6 nitrogen and oxygen atoms in total. The third-order valence-electron chi connectivity index (χ3n) is 3.11. The van der Waals surface area contributed by atoms with Crippen molar-refractivity contribution >= 4 is 11.9 Å². The van der Waals surface area contributed by atoms with Crippen LogP contribution < -0.4 is 16.4 Å². The molecule has 0 saturated carbocycles. The van der Waals surface area contributed by atoms with Gasteiger partial charge in [-0.25, -0.2) is 0 Å². The van der Waals surface area contributed by atoms with E-state index < -0.39 is 23.5 Å². The van der Waals surface area contributed by atoms with Crippen LogP contribution in [0.1, 0.15) is 26.7 Å². The van der Waals surface area contributed by atoms with Crippen molar-refractivity contribution in [2.45, 2.75) is 38.3 Å². The van der Waals surface area contributed by atoms with Gasteiger partial charge >= 0.3 is 5.97 Å². The number of hydrogen-bond donors (Lipinski definition) is 4. The smallest absolute Gasteiger partial charge is 0.323 e. The minimum atomic E-state index is -0.977. The Labute approximate surface area is 102 Å². The van der Waals surface area contributed by atoms with Gasteiger partial charge in [-0.1, -0.05) is 6.92 Å². The van der Waals surface area contributed by atoms with E-state index >= 15 is 0 Å². The summed E-state index contributed by atoms with van der Waals surface area (Å²) in [6.07, 6.45) is 0.959. The number of hydrogen-bond acceptors (Lipinski definition) is 4. The molecule has 0 bridgehead atoms. The second kappa shape index (κ2) is 6.56. The van der Waals surface area contributed by atoms with Crippen LogP contribution in [0.15, 0.2) is 0 Å². The number of carboxylic acid groups (broad SMARTS) is 1. The summed E-state index contributed by atoms with van der Waals surface area (Å²) in [5, 5.41) is 14.7. The molecule has 0 aromatic carbocycles. The Morgan fingerprint density at radius 1 is 1.41 bits per heavy atom. The fourth-order valence-corrected chi connectivity index (χ4v) is 1.86. The molecule has 3 atom stereocenters. The number of nitrogens with two attached hydrogens (primary N) is 1. The average Bonchev–Trinajstić information content (AvgIpc) is 2.24. The Kier molecular flexibility index (Phi) is 6.12. The highest BCUT2D eigenvalue weighted by molar-refractivity contribution is 5.80. The molecule has 0 heterocycles. The lowest BCUT2D eigenvalue weighted by molar-refractivity contribution is -0.144. The maximum atomic E-state index is 11.1. The molecule has 0 rings (SSSR count). The van der Waals surface area contributed by atoms with Crippen molar-refractivity contribution in [3.05, 3.63) is 0 Å². The number of primary amides is 1. The van der Waals surface area contributed by atoms with Gasteiger partial charge in [-0.2, -0.15) is 0 Å². The summed E-state index contributed by atoms with van der Waals surface area (Å²) < 4.78 is 0. The Balaban J connectivity index is 4.48. The summed E-state index contributed by atoms with van der Waals surface area (Å²) in [5.74, 6) is -1.25. The molecule has 0 spiro atoms. The Hall–Kier alpha value is -1.14. The first-order chi connectivity index (χ1) is 7.76. The first-order valence-electron chi connectivity index (χ1n) is 5.65. The molecule has 0 aromatic rings. The molecular weight excluding hydrogens is 222 g/mol.